The van der Waals surface area contributed by atoms with E-state index in [-0.39, 0.29) is 11.5 Å². The Bertz CT molecular complexity index is 377. The zero-order valence-corrected chi connectivity index (χ0v) is 9.03. The Labute approximate surface area is 90.5 Å². The molecule has 0 saturated carbocycles. The molecular weight excluding hydrogens is 186 g/mol. The molecule has 1 heterocycles. The SMILES string of the molecule is CC1(C)OC[C](c2ccccc2)C1C#N. The van der Waals surface area contributed by atoms with Crippen molar-refractivity contribution < 1.29 is 4.74 Å². The van der Waals surface area contributed by atoms with Gasteiger partial charge in [-0.25, -0.2) is 0 Å². The first-order chi connectivity index (χ1) is 7.15. The highest BCUT2D eigenvalue weighted by molar-refractivity contribution is 5.38. The van der Waals surface area contributed by atoms with Gasteiger partial charge in [0, 0.05) is 0 Å². The lowest BCUT2D eigenvalue weighted by atomic mass is 9.81. The summed E-state index contributed by atoms with van der Waals surface area (Å²) in [4.78, 5) is 0. The fourth-order valence-corrected chi connectivity index (χ4v) is 1.99. The summed E-state index contributed by atoms with van der Waals surface area (Å²) in [7, 11) is 0. The third-order valence-electron chi connectivity index (χ3n) is 2.92. The molecule has 1 aromatic rings. The normalized spacial score (nSPS) is 25.0. The van der Waals surface area contributed by atoms with Crippen molar-refractivity contribution >= 4 is 0 Å². The molecule has 0 N–H and O–H groups in total. The Morgan fingerprint density at radius 1 is 1.33 bits per heavy atom. The van der Waals surface area contributed by atoms with Crippen molar-refractivity contribution in [3.05, 3.63) is 41.8 Å². The molecule has 2 heteroatoms. The monoisotopic (exact) mass is 200 g/mol. The third-order valence-corrected chi connectivity index (χ3v) is 2.92. The van der Waals surface area contributed by atoms with Gasteiger partial charge in [-0.05, 0) is 19.4 Å². The molecule has 1 fully saturated rings. The standard InChI is InChI=1S/C13H14NO/c1-13(2)12(8-14)11(9-15-13)10-6-4-3-5-7-10/h3-7,12H,9H2,1-2H3. The van der Waals surface area contributed by atoms with Gasteiger partial charge in [0.05, 0.1) is 30.1 Å². The first-order valence-corrected chi connectivity index (χ1v) is 5.10. The van der Waals surface area contributed by atoms with Crippen molar-refractivity contribution in [3.8, 4) is 6.07 Å². The van der Waals surface area contributed by atoms with Crippen molar-refractivity contribution in [2.24, 2.45) is 5.92 Å². The van der Waals surface area contributed by atoms with E-state index in [2.05, 4.69) is 6.07 Å². The van der Waals surface area contributed by atoms with Crippen molar-refractivity contribution in [2.75, 3.05) is 6.61 Å². The zero-order chi connectivity index (χ0) is 10.9. The van der Waals surface area contributed by atoms with E-state index < -0.39 is 0 Å². The Balaban J connectivity index is 2.30. The van der Waals surface area contributed by atoms with Crippen molar-refractivity contribution in [3.63, 3.8) is 0 Å². The highest BCUT2D eigenvalue weighted by atomic mass is 16.5. The maximum atomic E-state index is 9.18. The minimum Gasteiger partial charge on any atom is -0.373 e. The molecule has 1 aliphatic rings. The van der Waals surface area contributed by atoms with Crippen LogP contribution in [0.5, 0.6) is 0 Å². The molecule has 2 rings (SSSR count). The van der Waals surface area contributed by atoms with Gasteiger partial charge in [-0.1, -0.05) is 30.3 Å². The summed E-state index contributed by atoms with van der Waals surface area (Å²) in [6.45, 7) is 4.50. The quantitative estimate of drug-likeness (QED) is 0.698. The summed E-state index contributed by atoms with van der Waals surface area (Å²) in [5.41, 5.74) is 0.759. The van der Waals surface area contributed by atoms with Crippen LogP contribution in [0.1, 0.15) is 19.4 Å². The molecule has 77 valence electrons. The lowest BCUT2D eigenvalue weighted by Crippen LogP contribution is -2.28. The number of hydrogen-bond donors (Lipinski definition) is 0. The fourth-order valence-electron chi connectivity index (χ4n) is 1.99. The summed E-state index contributed by atoms with van der Waals surface area (Å²) in [6, 6.07) is 12.4. The Morgan fingerprint density at radius 3 is 2.60 bits per heavy atom. The van der Waals surface area contributed by atoms with Crippen LogP contribution in [0, 0.1) is 23.2 Å². The smallest absolute Gasteiger partial charge is 0.0876 e. The fraction of sp³-hybridized carbons (Fsp3) is 0.385. The summed E-state index contributed by atoms with van der Waals surface area (Å²) >= 11 is 0. The second-order valence-electron chi connectivity index (χ2n) is 4.35. The van der Waals surface area contributed by atoms with Crippen LogP contribution in [0.25, 0.3) is 0 Å². The molecule has 1 atom stereocenters. The minimum absolute atomic E-state index is 0.139. The van der Waals surface area contributed by atoms with Gasteiger partial charge < -0.3 is 4.74 Å². The van der Waals surface area contributed by atoms with Crippen LogP contribution in [0.15, 0.2) is 30.3 Å². The molecule has 1 saturated heterocycles. The number of hydrogen-bond acceptors (Lipinski definition) is 2. The average Bonchev–Trinajstić information content (AvgIpc) is 2.54. The summed E-state index contributed by atoms with van der Waals surface area (Å²) < 4.78 is 5.65. The number of ether oxygens (including phenoxy) is 1. The average molecular weight is 200 g/mol. The lowest BCUT2D eigenvalue weighted by molar-refractivity contribution is 0.0227. The molecule has 15 heavy (non-hydrogen) atoms. The van der Waals surface area contributed by atoms with Gasteiger partial charge in [0.25, 0.3) is 0 Å². The van der Waals surface area contributed by atoms with Crippen LogP contribution in [0.3, 0.4) is 0 Å². The van der Waals surface area contributed by atoms with Gasteiger partial charge in [0.2, 0.25) is 0 Å². The van der Waals surface area contributed by atoms with E-state index in [1.165, 1.54) is 0 Å². The zero-order valence-electron chi connectivity index (χ0n) is 9.03. The molecule has 0 aromatic heterocycles. The van der Waals surface area contributed by atoms with Crippen LogP contribution < -0.4 is 0 Å². The summed E-state index contributed by atoms with van der Waals surface area (Å²) in [6.07, 6.45) is 0. The molecule has 2 nitrogen and oxygen atoms in total. The molecule has 0 aliphatic carbocycles. The van der Waals surface area contributed by atoms with Gasteiger partial charge >= 0.3 is 0 Å². The first kappa shape index (κ1) is 10.2. The van der Waals surface area contributed by atoms with E-state index in [0.29, 0.717) is 6.61 Å². The number of nitriles is 1. The number of benzene rings is 1. The van der Waals surface area contributed by atoms with Crippen LogP contribution in [0.4, 0.5) is 0 Å². The van der Waals surface area contributed by atoms with Gasteiger partial charge in [0.15, 0.2) is 0 Å². The summed E-state index contributed by atoms with van der Waals surface area (Å²) in [5.74, 6) is 0.961. The predicted molar refractivity (Wildman–Crippen MR) is 57.9 cm³/mol. The maximum absolute atomic E-state index is 9.18. The van der Waals surface area contributed by atoms with E-state index in [4.69, 9.17) is 4.74 Å². The van der Waals surface area contributed by atoms with Gasteiger partial charge in [-0.3, -0.25) is 0 Å². The Hall–Kier alpha value is -1.33. The topological polar surface area (TPSA) is 33.0 Å². The van der Waals surface area contributed by atoms with E-state index in [1.54, 1.807) is 0 Å². The van der Waals surface area contributed by atoms with Crippen LogP contribution in [-0.2, 0) is 4.74 Å². The molecular formula is C13H14NO. The van der Waals surface area contributed by atoms with E-state index in [9.17, 15) is 5.26 Å². The van der Waals surface area contributed by atoms with Gasteiger partial charge in [-0.2, -0.15) is 5.26 Å². The Kier molecular flexibility index (Phi) is 2.50. The van der Waals surface area contributed by atoms with Gasteiger partial charge in [0.1, 0.15) is 0 Å². The second kappa shape index (κ2) is 3.67. The highest BCUT2D eigenvalue weighted by Crippen LogP contribution is 2.40. The number of rotatable bonds is 1. The predicted octanol–water partition coefficient (Wildman–Crippen LogP) is 2.56. The van der Waals surface area contributed by atoms with Crippen LogP contribution in [-0.4, -0.2) is 12.2 Å². The van der Waals surface area contributed by atoms with Crippen molar-refractivity contribution in [1.29, 1.82) is 5.26 Å². The third kappa shape index (κ3) is 1.75. The molecule has 1 aromatic carbocycles. The Morgan fingerprint density at radius 2 is 2.00 bits per heavy atom. The molecule has 1 aliphatic heterocycles. The lowest BCUT2D eigenvalue weighted by Gasteiger charge is -2.22. The molecule has 1 radical (unpaired) electrons. The second-order valence-corrected chi connectivity index (χ2v) is 4.35. The van der Waals surface area contributed by atoms with E-state index in [1.807, 2.05) is 44.2 Å². The number of nitrogens with zero attached hydrogens (tertiary/aromatic N) is 1. The van der Waals surface area contributed by atoms with E-state index >= 15 is 0 Å². The van der Waals surface area contributed by atoms with Crippen molar-refractivity contribution in [2.45, 2.75) is 19.4 Å². The maximum Gasteiger partial charge on any atom is 0.0876 e. The van der Waals surface area contributed by atoms with Gasteiger partial charge in [-0.15, -0.1) is 0 Å². The highest BCUT2D eigenvalue weighted by Gasteiger charge is 2.44. The molecule has 0 spiro atoms. The molecule has 0 amide bonds. The van der Waals surface area contributed by atoms with Crippen molar-refractivity contribution in [1.82, 2.24) is 0 Å². The summed E-state index contributed by atoms with van der Waals surface area (Å²) in [5, 5.41) is 9.18. The van der Waals surface area contributed by atoms with Crippen LogP contribution >= 0.6 is 0 Å². The molecule has 0 bridgehead atoms. The minimum atomic E-state index is -0.361. The van der Waals surface area contributed by atoms with Crippen LogP contribution in [0.2, 0.25) is 0 Å². The van der Waals surface area contributed by atoms with E-state index in [0.717, 1.165) is 11.5 Å². The first-order valence-electron chi connectivity index (χ1n) is 5.10. The molecule has 1 unspecified atom stereocenters. The largest absolute Gasteiger partial charge is 0.373 e.